The van der Waals surface area contributed by atoms with E-state index in [0.717, 1.165) is 30.2 Å². The summed E-state index contributed by atoms with van der Waals surface area (Å²) in [5, 5.41) is 3.33. The van der Waals surface area contributed by atoms with Crippen LogP contribution in [-0.2, 0) is 26.2 Å². The average Bonchev–Trinajstić information content (AvgIpc) is 2.86. The van der Waals surface area contributed by atoms with Crippen molar-refractivity contribution in [3.63, 3.8) is 0 Å². The van der Waals surface area contributed by atoms with Crippen LogP contribution >= 0.6 is 11.6 Å². The van der Waals surface area contributed by atoms with Gasteiger partial charge < -0.3 is 15.0 Å². The van der Waals surface area contributed by atoms with Gasteiger partial charge in [-0.1, -0.05) is 43.1 Å². The molecule has 0 aromatic heterocycles. The van der Waals surface area contributed by atoms with Crippen molar-refractivity contribution in [1.82, 2.24) is 10.2 Å². The standard InChI is InChI=1S/C27H38ClN3O5S/c1-6-7-16-29-27(33)21(3)30(19-22-11-14-24(36-4)15-12-22)26(32)9-8-17-31(37(5,34)35)25-18-23(28)13-10-20(25)2/h10-15,18,21H,6-9,16-17,19H2,1-5H3,(H,29,33). The quantitative estimate of drug-likeness (QED) is 0.348. The number of nitrogens with zero attached hydrogens (tertiary/aromatic N) is 2. The van der Waals surface area contributed by atoms with E-state index in [0.29, 0.717) is 23.0 Å². The number of methoxy groups -OCH3 is 1. The number of hydrogen-bond acceptors (Lipinski definition) is 5. The number of nitrogens with one attached hydrogen (secondary N) is 1. The molecule has 0 aliphatic heterocycles. The van der Waals surface area contributed by atoms with E-state index in [4.69, 9.17) is 16.3 Å². The minimum absolute atomic E-state index is 0.0777. The summed E-state index contributed by atoms with van der Waals surface area (Å²) in [6.07, 6.45) is 3.30. The number of halogens is 1. The van der Waals surface area contributed by atoms with Gasteiger partial charge in [0.1, 0.15) is 11.8 Å². The maximum absolute atomic E-state index is 13.4. The van der Waals surface area contributed by atoms with Gasteiger partial charge >= 0.3 is 0 Å². The van der Waals surface area contributed by atoms with E-state index in [9.17, 15) is 18.0 Å². The molecule has 0 aliphatic carbocycles. The third kappa shape index (κ3) is 9.23. The van der Waals surface area contributed by atoms with E-state index in [-0.39, 0.29) is 37.7 Å². The van der Waals surface area contributed by atoms with E-state index in [2.05, 4.69) is 5.32 Å². The number of hydrogen-bond donors (Lipinski definition) is 1. The molecule has 0 bridgehead atoms. The molecule has 37 heavy (non-hydrogen) atoms. The zero-order valence-corrected chi connectivity index (χ0v) is 23.9. The fourth-order valence-corrected chi connectivity index (χ4v) is 5.06. The van der Waals surface area contributed by atoms with Crippen molar-refractivity contribution in [2.24, 2.45) is 0 Å². The Bertz CT molecular complexity index is 1160. The van der Waals surface area contributed by atoms with Crippen LogP contribution in [0.1, 0.15) is 50.7 Å². The first-order chi connectivity index (χ1) is 17.5. The second kappa shape index (κ2) is 14.2. The fraction of sp³-hybridized carbons (Fsp3) is 0.481. The van der Waals surface area contributed by atoms with Gasteiger partial charge in [-0.3, -0.25) is 13.9 Å². The summed E-state index contributed by atoms with van der Waals surface area (Å²) in [6, 6.07) is 11.7. The second-order valence-corrected chi connectivity index (χ2v) is 11.4. The minimum Gasteiger partial charge on any atom is -0.497 e. The Morgan fingerprint density at radius 1 is 1.11 bits per heavy atom. The number of aryl methyl sites for hydroxylation is 1. The second-order valence-electron chi connectivity index (χ2n) is 9.06. The normalized spacial score (nSPS) is 12.1. The number of carbonyl (C=O) groups excluding carboxylic acids is 2. The predicted octanol–water partition coefficient (Wildman–Crippen LogP) is 4.54. The highest BCUT2D eigenvalue weighted by Crippen LogP contribution is 2.27. The molecule has 10 heteroatoms. The summed E-state index contributed by atoms with van der Waals surface area (Å²) in [6.45, 7) is 6.46. The van der Waals surface area contributed by atoms with Crippen molar-refractivity contribution in [2.45, 2.75) is 59.0 Å². The lowest BCUT2D eigenvalue weighted by molar-refractivity contribution is -0.140. The van der Waals surface area contributed by atoms with Gasteiger partial charge in [0.15, 0.2) is 0 Å². The molecule has 0 fully saturated rings. The molecule has 1 unspecified atom stereocenters. The number of rotatable bonds is 14. The molecule has 0 radical (unpaired) electrons. The molecule has 204 valence electrons. The molecule has 1 N–H and O–H groups in total. The van der Waals surface area contributed by atoms with Gasteiger partial charge in [-0.15, -0.1) is 0 Å². The lowest BCUT2D eigenvalue weighted by Gasteiger charge is -2.29. The Morgan fingerprint density at radius 3 is 2.38 bits per heavy atom. The molecule has 2 aromatic carbocycles. The lowest BCUT2D eigenvalue weighted by Crippen LogP contribution is -2.48. The molecule has 8 nitrogen and oxygen atoms in total. The highest BCUT2D eigenvalue weighted by atomic mass is 35.5. The van der Waals surface area contributed by atoms with Gasteiger partial charge in [0, 0.05) is 31.1 Å². The molecule has 2 aromatic rings. The Kier molecular flexibility index (Phi) is 11.7. The number of amides is 2. The van der Waals surface area contributed by atoms with Crippen molar-refractivity contribution in [2.75, 3.05) is 30.8 Å². The zero-order chi connectivity index (χ0) is 27.6. The van der Waals surface area contributed by atoms with Crippen molar-refractivity contribution in [1.29, 1.82) is 0 Å². The fourth-order valence-electron chi connectivity index (χ4n) is 3.88. The number of sulfonamides is 1. The molecule has 0 saturated carbocycles. The largest absolute Gasteiger partial charge is 0.497 e. The van der Waals surface area contributed by atoms with Gasteiger partial charge in [0.05, 0.1) is 19.1 Å². The van der Waals surface area contributed by atoms with E-state index in [1.807, 2.05) is 26.0 Å². The van der Waals surface area contributed by atoms with E-state index in [1.165, 1.54) is 4.31 Å². The topological polar surface area (TPSA) is 96.0 Å². The summed E-state index contributed by atoms with van der Waals surface area (Å²) in [4.78, 5) is 27.7. The first-order valence-electron chi connectivity index (χ1n) is 12.4. The zero-order valence-electron chi connectivity index (χ0n) is 22.3. The molecule has 0 heterocycles. The molecular weight excluding hydrogens is 514 g/mol. The summed E-state index contributed by atoms with van der Waals surface area (Å²) in [5.74, 6) is 0.247. The van der Waals surface area contributed by atoms with Crippen LogP contribution in [0.3, 0.4) is 0 Å². The maximum Gasteiger partial charge on any atom is 0.242 e. The molecule has 1 atom stereocenters. The van der Waals surface area contributed by atoms with Crippen molar-refractivity contribution in [3.05, 3.63) is 58.6 Å². The number of unbranched alkanes of at least 4 members (excludes halogenated alkanes) is 1. The summed E-state index contributed by atoms with van der Waals surface area (Å²) >= 11 is 6.11. The number of ether oxygens (including phenoxy) is 1. The van der Waals surface area contributed by atoms with E-state index in [1.54, 1.807) is 49.3 Å². The number of benzene rings is 2. The molecule has 0 aliphatic rings. The smallest absolute Gasteiger partial charge is 0.242 e. The first kappa shape index (κ1) is 30.4. The monoisotopic (exact) mass is 551 g/mol. The van der Waals surface area contributed by atoms with E-state index < -0.39 is 16.1 Å². The van der Waals surface area contributed by atoms with Crippen molar-refractivity contribution < 1.29 is 22.7 Å². The molecular formula is C27H38ClN3O5S. The van der Waals surface area contributed by atoms with Crippen LogP contribution < -0.4 is 14.4 Å². The van der Waals surface area contributed by atoms with Gasteiger partial charge in [-0.2, -0.15) is 0 Å². The summed E-state index contributed by atoms with van der Waals surface area (Å²) < 4.78 is 31.6. The average molecular weight is 552 g/mol. The highest BCUT2D eigenvalue weighted by Gasteiger charge is 2.27. The van der Waals surface area contributed by atoms with Crippen LogP contribution in [0, 0.1) is 6.92 Å². The molecule has 0 saturated heterocycles. The summed E-state index contributed by atoms with van der Waals surface area (Å²) in [7, 11) is -2.02. The van der Waals surface area contributed by atoms with Gasteiger partial charge in [-0.25, -0.2) is 8.42 Å². The van der Waals surface area contributed by atoms with Crippen LogP contribution in [0.25, 0.3) is 0 Å². The Balaban J connectivity index is 2.18. The number of carbonyl (C=O) groups is 2. The van der Waals surface area contributed by atoms with E-state index >= 15 is 0 Å². The Hall–Kier alpha value is -2.78. The number of anilines is 1. The third-order valence-corrected chi connectivity index (χ3v) is 7.52. The van der Waals surface area contributed by atoms with Crippen LogP contribution in [-0.4, -0.2) is 57.6 Å². The van der Waals surface area contributed by atoms with Gasteiger partial charge in [0.2, 0.25) is 21.8 Å². The van der Waals surface area contributed by atoms with Crippen molar-refractivity contribution >= 4 is 39.1 Å². The minimum atomic E-state index is -3.60. The van der Waals surface area contributed by atoms with Crippen molar-refractivity contribution in [3.8, 4) is 5.75 Å². The molecule has 0 spiro atoms. The van der Waals surface area contributed by atoms with Crippen LogP contribution in [0.5, 0.6) is 5.75 Å². The highest BCUT2D eigenvalue weighted by molar-refractivity contribution is 7.92. The predicted molar refractivity (Wildman–Crippen MR) is 149 cm³/mol. The first-order valence-corrected chi connectivity index (χ1v) is 14.6. The Morgan fingerprint density at radius 2 is 1.78 bits per heavy atom. The Labute approximate surface area is 226 Å². The molecule has 2 amide bonds. The van der Waals surface area contributed by atoms with Crippen LogP contribution in [0.2, 0.25) is 5.02 Å². The van der Waals surface area contributed by atoms with Gasteiger partial charge in [-0.05, 0) is 62.1 Å². The maximum atomic E-state index is 13.4. The molecule has 2 rings (SSSR count). The SMILES string of the molecule is CCCCNC(=O)C(C)N(Cc1ccc(OC)cc1)C(=O)CCCN(c1cc(Cl)ccc1C)S(C)(=O)=O. The summed E-state index contributed by atoms with van der Waals surface area (Å²) in [5.41, 5.74) is 2.11. The van der Waals surface area contributed by atoms with Gasteiger partial charge in [0.25, 0.3) is 0 Å². The lowest BCUT2D eigenvalue weighted by atomic mass is 10.1. The third-order valence-electron chi connectivity index (χ3n) is 6.10. The van der Waals surface area contributed by atoms with Crippen LogP contribution in [0.4, 0.5) is 5.69 Å². The van der Waals surface area contributed by atoms with Crippen LogP contribution in [0.15, 0.2) is 42.5 Å².